The number of hydrazone groups is 1. The first-order valence-electron chi connectivity index (χ1n) is 11.6. The second kappa shape index (κ2) is 13.3. The first-order valence-corrected chi connectivity index (χ1v) is 13.0. The van der Waals surface area contributed by atoms with E-state index < -0.39 is 0 Å². The van der Waals surface area contributed by atoms with Crippen LogP contribution in [0.2, 0.25) is 5.02 Å². The molecule has 4 rings (SSSR count). The SMILES string of the molecule is CC(=O)Nc1cccc(NC(=O)CSc2nnc(N/N=C/c3ccccc3OCc3ccc(Cl)cc3)n2N)c1. The highest BCUT2D eigenvalue weighted by atomic mass is 35.5. The fourth-order valence-electron chi connectivity index (χ4n) is 3.28. The quantitative estimate of drug-likeness (QED) is 0.0908. The van der Waals surface area contributed by atoms with Crippen molar-refractivity contribution in [3.63, 3.8) is 0 Å². The van der Waals surface area contributed by atoms with Crippen LogP contribution >= 0.6 is 23.4 Å². The molecule has 13 heteroatoms. The molecule has 0 unspecified atom stereocenters. The van der Waals surface area contributed by atoms with Gasteiger partial charge < -0.3 is 21.2 Å². The molecule has 0 saturated carbocycles. The normalized spacial score (nSPS) is 10.8. The molecule has 0 bridgehead atoms. The number of carbonyl (C=O) groups excluding carboxylic acids is 2. The number of anilines is 3. The van der Waals surface area contributed by atoms with Crippen LogP contribution in [0.15, 0.2) is 83.1 Å². The molecule has 11 nitrogen and oxygen atoms in total. The molecule has 0 aliphatic rings. The summed E-state index contributed by atoms with van der Waals surface area (Å²) in [6.45, 7) is 1.79. The number of hydrogen-bond acceptors (Lipinski definition) is 9. The van der Waals surface area contributed by atoms with Crippen molar-refractivity contribution in [1.29, 1.82) is 0 Å². The summed E-state index contributed by atoms with van der Waals surface area (Å²) < 4.78 is 7.14. The summed E-state index contributed by atoms with van der Waals surface area (Å²) in [5, 5.41) is 18.6. The summed E-state index contributed by atoms with van der Waals surface area (Å²) in [5.74, 6) is 6.48. The van der Waals surface area contributed by atoms with Crippen LogP contribution in [-0.2, 0) is 16.2 Å². The number of rotatable bonds is 11. The van der Waals surface area contributed by atoms with Crippen molar-refractivity contribution >= 4 is 58.7 Å². The molecule has 0 spiro atoms. The molecule has 4 aromatic rings. The molecule has 0 aliphatic carbocycles. The highest BCUT2D eigenvalue weighted by Crippen LogP contribution is 2.20. The van der Waals surface area contributed by atoms with Crippen molar-refractivity contribution in [2.75, 3.05) is 27.7 Å². The number of amides is 2. The number of hydrogen-bond donors (Lipinski definition) is 4. The molecule has 1 aromatic heterocycles. The van der Waals surface area contributed by atoms with Gasteiger partial charge in [-0.05, 0) is 48.0 Å². The Labute approximate surface area is 233 Å². The van der Waals surface area contributed by atoms with Crippen LogP contribution < -0.4 is 26.6 Å². The van der Waals surface area contributed by atoms with E-state index in [9.17, 15) is 9.59 Å². The second-order valence-corrected chi connectivity index (χ2v) is 9.48. The zero-order valence-electron chi connectivity index (χ0n) is 20.8. The molecule has 2 amide bonds. The standard InChI is InChI=1S/C26H25ClN8O3S/c1-17(36)30-21-6-4-7-22(13-21)31-24(37)16-39-26-34-33-25(35(26)28)32-29-14-19-5-2-3-8-23(19)38-15-18-9-11-20(27)12-10-18/h2-14H,15-16,28H2,1H3,(H,30,36)(H,31,37)(H,32,33)/b29-14+. The molecule has 5 N–H and O–H groups in total. The molecule has 0 aliphatic heterocycles. The van der Waals surface area contributed by atoms with E-state index in [2.05, 4.69) is 31.4 Å². The van der Waals surface area contributed by atoms with Gasteiger partial charge in [0.15, 0.2) is 0 Å². The van der Waals surface area contributed by atoms with E-state index in [0.717, 1.165) is 22.9 Å². The van der Waals surface area contributed by atoms with Crippen LogP contribution in [-0.4, -0.2) is 38.7 Å². The number of carbonyl (C=O) groups is 2. The molecular formula is C26H25ClN8O3S. The van der Waals surface area contributed by atoms with Gasteiger partial charge in [0.2, 0.25) is 17.0 Å². The number of nitrogen functional groups attached to an aromatic ring is 1. The van der Waals surface area contributed by atoms with Crippen molar-refractivity contribution in [2.24, 2.45) is 5.10 Å². The predicted octanol–water partition coefficient (Wildman–Crippen LogP) is 4.36. The molecule has 3 aromatic carbocycles. The Morgan fingerprint density at radius 2 is 1.79 bits per heavy atom. The number of halogens is 1. The minimum absolute atomic E-state index is 0.0430. The monoisotopic (exact) mass is 564 g/mol. The van der Waals surface area contributed by atoms with Gasteiger partial charge in [-0.15, -0.1) is 10.2 Å². The van der Waals surface area contributed by atoms with Gasteiger partial charge in [-0.3, -0.25) is 9.59 Å². The van der Waals surface area contributed by atoms with E-state index in [-0.39, 0.29) is 23.5 Å². The molecule has 0 fully saturated rings. The van der Waals surface area contributed by atoms with Crippen LogP contribution in [0.3, 0.4) is 0 Å². The van der Waals surface area contributed by atoms with E-state index in [0.29, 0.717) is 33.9 Å². The lowest BCUT2D eigenvalue weighted by Crippen LogP contribution is -2.17. The molecule has 200 valence electrons. The zero-order valence-corrected chi connectivity index (χ0v) is 22.4. The van der Waals surface area contributed by atoms with E-state index >= 15 is 0 Å². The average Bonchev–Trinajstić information content (AvgIpc) is 3.26. The van der Waals surface area contributed by atoms with Crippen molar-refractivity contribution < 1.29 is 14.3 Å². The first kappa shape index (κ1) is 27.5. The number of benzene rings is 3. The molecule has 0 saturated heterocycles. The third-order valence-electron chi connectivity index (χ3n) is 5.06. The Morgan fingerprint density at radius 3 is 2.56 bits per heavy atom. The predicted molar refractivity (Wildman–Crippen MR) is 154 cm³/mol. The number of nitrogens with zero attached hydrogens (tertiary/aromatic N) is 4. The Bertz CT molecular complexity index is 1480. The van der Waals surface area contributed by atoms with Crippen LogP contribution in [0.5, 0.6) is 5.75 Å². The number of thioether (sulfide) groups is 1. The summed E-state index contributed by atoms with van der Waals surface area (Å²) >= 11 is 7.05. The fourth-order valence-corrected chi connectivity index (χ4v) is 4.06. The van der Waals surface area contributed by atoms with Crippen LogP contribution in [0.1, 0.15) is 18.1 Å². The van der Waals surface area contributed by atoms with Gasteiger partial charge in [0.05, 0.1) is 12.0 Å². The van der Waals surface area contributed by atoms with Gasteiger partial charge in [0, 0.05) is 28.9 Å². The van der Waals surface area contributed by atoms with E-state index in [1.54, 1.807) is 30.5 Å². The number of aromatic nitrogens is 3. The van der Waals surface area contributed by atoms with Gasteiger partial charge in [-0.2, -0.15) is 5.10 Å². The van der Waals surface area contributed by atoms with Gasteiger partial charge in [0.1, 0.15) is 12.4 Å². The molecule has 39 heavy (non-hydrogen) atoms. The maximum Gasteiger partial charge on any atom is 0.264 e. The van der Waals surface area contributed by atoms with Crippen molar-refractivity contribution in [3.05, 3.63) is 88.9 Å². The zero-order chi connectivity index (χ0) is 27.6. The lowest BCUT2D eigenvalue weighted by Gasteiger charge is -2.09. The van der Waals surface area contributed by atoms with E-state index in [4.69, 9.17) is 22.2 Å². The van der Waals surface area contributed by atoms with E-state index in [1.165, 1.54) is 11.6 Å². The van der Waals surface area contributed by atoms with E-state index in [1.807, 2.05) is 48.5 Å². The van der Waals surface area contributed by atoms with Crippen LogP contribution in [0, 0.1) is 0 Å². The average molecular weight is 565 g/mol. The largest absolute Gasteiger partial charge is 0.488 e. The summed E-state index contributed by atoms with van der Waals surface area (Å²) in [6.07, 6.45) is 1.58. The third kappa shape index (κ3) is 8.22. The summed E-state index contributed by atoms with van der Waals surface area (Å²) in [7, 11) is 0. The Hall–Kier alpha value is -4.55. The summed E-state index contributed by atoms with van der Waals surface area (Å²) in [5.41, 5.74) is 5.62. The van der Waals surface area contributed by atoms with Crippen molar-refractivity contribution in [3.8, 4) is 5.75 Å². The Balaban J connectivity index is 1.29. The minimum Gasteiger partial charge on any atom is -0.488 e. The summed E-state index contributed by atoms with van der Waals surface area (Å²) in [6, 6.07) is 21.7. The topological polar surface area (TPSA) is 149 Å². The minimum atomic E-state index is -0.272. The number of para-hydroxylation sites is 1. The number of ether oxygens (including phenoxy) is 1. The lowest BCUT2D eigenvalue weighted by atomic mass is 10.2. The van der Waals surface area contributed by atoms with Gasteiger partial charge in [-0.1, -0.05) is 53.7 Å². The van der Waals surface area contributed by atoms with Gasteiger partial charge >= 0.3 is 0 Å². The molecule has 0 atom stereocenters. The second-order valence-electron chi connectivity index (χ2n) is 8.10. The molecule has 0 radical (unpaired) electrons. The molecule has 1 heterocycles. The lowest BCUT2D eigenvalue weighted by molar-refractivity contribution is -0.114. The smallest absolute Gasteiger partial charge is 0.264 e. The van der Waals surface area contributed by atoms with Crippen LogP contribution in [0.25, 0.3) is 0 Å². The number of nitrogens with two attached hydrogens (primary N) is 1. The number of nitrogens with one attached hydrogen (secondary N) is 3. The summed E-state index contributed by atoms with van der Waals surface area (Å²) in [4.78, 5) is 23.6. The maximum absolute atomic E-state index is 12.4. The molecular weight excluding hydrogens is 540 g/mol. The van der Waals surface area contributed by atoms with Gasteiger partial charge in [-0.25, -0.2) is 10.1 Å². The third-order valence-corrected chi connectivity index (χ3v) is 6.25. The highest BCUT2D eigenvalue weighted by molar-refractivity contribution is 7.99. The highest BCUT2D eigenvalue weighted by Gasteiger charge is 2.12. The Morgan fingerprint density at radius 1 is 1.05 bits per heavy atom. The Kier molecular flexibility index (Phi) is 9.38. The maximum atomic E-state index is 12.4. The van der Waals surface area contributed by atoms with Crippen LogP contribution in [0.4, 0.5) is 17.3 Å². The van der Waals surface area contributed by atoms with Crippen molar-refractivity contribution in [1.82, 2.24) is 14.9 Å². The fraction of sp³-hybridized carbons (Fsp3) is 0.115. The van der Waals surface area contributed by atoms with Crippen molar-refractivity contribution in [2.45, 2.75) is 18.7 Å². The van der Waals surface area contributed by atoms with Gasteiger partial charge in [0.25, 0.3) is 5.95 Å². The first-order chi connectivity index (χ1) is 18.9.